The van der Waals surface area contributed by atoms with Crippen molar-refractivity contribution in [3.8, 4) is 5.75 Å². The second-order valence-corrected chi connectivity index (χ2v) is 3.40. The highest BCUT2D eigenvalue weighted by Gasteiger charge is 2.31. The molecule has 0 bridgehead atoms. The Kier molecular flexibility index (Phi) is 4.62. The molecular formula is C10H9ClF3NO2. The van der Waals surface area contributed by atoms with E-state index in [-0.39, 0.29) is 18.0 Å². The van der Waals surface area contributed by atoms with E-state index >= 15 is 0 Å². The van der Waals surface area contributed by atoms with Gasteiger partial charge in [0.15, 0.2) is 0 Å². The minimum atomic E-state index is -4.77. The van der Waals surface area contributed by atoms with Crippen LogP contribution in [0.15, 0.2) is 24.3 Å². The minimum absolute atomic E-state index is 0.0804. The average Bonchev–Trinajstić information content (AvgIpc) is 2.24. The number of halogens is 4. The number of ether oxygens (including phenoxy) is 1. The van der Waals surface area contributed by atoms with Crippen LogP contribution in [-0.4, -0.2) is 24.7 Å². The topological polar surface area (TPSA) is 38.3 Å². The smallest absolute Gasteiger partial charge is 0.406 e. The fourth-order valence-electron chi connectivity index (χ4n) is 1.10. The summed E-state index contributed by atoms with van der Waals surface area (Å²) in [5.74, 6) is -0.709. The Bertz CT molecular complexity index is 395. The normalized spacial score (nSPS) is 11.1. The first-order valence-electron chi connectivity index (χ1n) is 4.62. The first-order valence-corrected chi connectivity index (χ1v) is 5.16. The molecule has 1 N–H and O–H groups in total. The first kappa shape index (κ1) is 13.6. The Morgan fingerprint density at radius 2 is 2.12 bits per heavy atom. The van der Waals surface area contributed by atoms with E-state index < -0.39 is 18.0 Å². The third-order valence-electron chi connectivity index (χ3n) is 1.71. The number of hydrogen-bond donors (Lipinski definition) is 1. The lowest BCUT2D eigenvalue weighted by atomic mass is 10.2. The van der Waals surface area contributed by atoms with Gasteiger partial charge in [-0.15, -0.1) is 24.8 Å². The van der Waals surface area contributed by atoms with E-state index in [1.165, 1.54) is 12.1 Å². The molecular weight excluding hydrogens is 259 g/mol. The van der Waals surface area contributed by atoms with Gasteiger partial charge in [0, 0.05) is 18.0 Å². The Morgan fingerprint density at radius 3 is 2.71 bits per heavy atom. The zero-order valence-corrected chi connectivity index (χ0v) is 9.31. The second kappa shape index (κ2) is 5.77. The van der Waals surface area contributed by atoms with Crippen molar-refractivity contribution in [1.82, 2.24) is 5.32 Å². The number of benzene rings is 1. The molecule has 0 saturated heterocycles. The fourth-order valence-corrected chi connectivity index (χ4v) is 1.19. The molecule has 0 spiro atoms. The Hall–Kier alpha value is -1.43. The standard InChI is InChI=1S/C10H9ClF3NO2/c11-4-5-15-9(16)7-2-1-3-8(6-7)17-10(12,13)14/h1-3,6H,4-5H2,(H,15,16). The van der Waals surface area contributed by atoms with E-state index in [1.807, 2.05) is 0 Å². The zero-order valence-electron chi connectivity index (χ0n) is 8.55. The maximum absolute atomic E-state index is 11.9. The summed E-state index contributed by atoms with van der Waals surface area (Å²) in [6.45, 7) is 0.241. The molecule has 0 unspecified atom stereocenters. The number of amides is 1. The maximum atomic E-state index is 11.9. The van der Waals surface area contributed by atoms with E-state index in [0.29, 0.717) is 0 Å². The summed E-state index contributed by atoms with van der Waals surface area (Å²) in [5, 5.41) is 2.43. The summed E-state index contributed by atoms with van der Waals surface area (Å²) in [5.41, 5.74) is 0.0804. The predicted molar refractivity (Wildman–Crippen MR) is 56.2 cm³/mol. The average molecular weight is 268 g/mol. The SMILES string of the molecule is O=C(NCCCl)c1cccc(OC(F)(F)F)c1. The summed E-state index contributed by atoms with van der Waals surface area (Å²) in [6, 6.07) is 4.81. The highest BCUT2D eigenvalue weighted by Crippen LogP contribution is 2.23. The molecule has 7 heteroatoms. The third-order valence-corrected chi connectivity index (χ3v) is 1.90. The van der Waals surface area contributed by atoms with Gasteiger partial charge in [-0.05, 0) is 18.2 Å². The van der Waals surface area contributed by atoms with Crippen LogP contribution in [0.1, 0.15) is 10.4 Å². The van der Waals surface area contributed by atoms with Gasteiger partial charge in [0.1, 0.15) is 5.75 Å². The van der Waals surface area contributed by atoms with Gasteiger partial charge < -0.3 is 10.1 Å². The number of carbonyl (C=O) groups excluding carboxylic acids is 1. The largest absolute Gasteiger partial charge is 0.573 e. The minimum Gasteiger partial charge on any atom is -0.406 e. The molecule has 0 fully saturated rings. The maximum Gasteiger partial charge on any atom is 0.573 e. The van der Waals surface area contributed by atoms with Gasteiger partial charge in [-0.2, -0.15) is 0 Å². The number of alkyl halides is 4. The third kappa shape index (κ3) is 4.95. The van der Waals surface area contributed by atoms with Crippen LogP contribution in [0.25, 0.3) is 0 Å². The Morgan fingerprint density at radius 1 is 1.41 bits per heavy atom. The second-order valence-electron chi connectivity index (χ2n) is 3.02. The van der Waals surface area contributed by atoms with Gasteiger partial charge in [0.2, 0.25) is 0 Å². The Labute approximate surface area is 101 Å². The van der Waals surface area contributed by atoms with Crippen molar-refractivity contribution in [2.24, 2.45) is 0 Å². The summed E-state index contributed by atoms with van der Waals surface area (Å²) < 4.78 is 39.5. The van der Waals surface area contributed by atoms with Gasteiger partial charge in [0.05, 0.1) is 0 Å². The van der Waals surface area contributed by atoms with Crippen LogP contribution in [0.5, 0.6) is 5.75 Å². The highest BCUT2D eigenvalue weighted by molar-refractivity contribution is 6.18. The van der Waals surface area contributed by atoms with Gasteiger partial charge >= 0.3 is 6.36 Å². The molecule has 1 aromatic carbocycles. The molecule has 0 aliphatic heterocycles. The molecule has 1 rings (SSSR count). The summed E-state index contributed by atoms with van der Waals surface area (Å²) in [4.78, 5) is 11.4. The number of nitrogens with one attached hydrogen (secondary N) is 1. The summed E-state index contributed by atoms with van der Waals surface area (Å²) in [6.07, 6.45) is -4.77. The highest BCUT2D eigenvalue weighted by atomic mass is 35.5. The Balaban J connectivity index is 2.75. The van der Waals surface area contributed by atoms with E-state index in [1.54, 1.807) is 0 Å². The number of hydrogen-bond acceptors (Lipinski definition) is 2. The van der Waals surface area contributed by atoms with E-state index in [9.17, 15) is 18.0 Å². The van der Waals surface area contributed by atoms with Crippen LogP contribution in [0.3, 0.4) is 0 Å². The van der Waals surface area contributed by atoms with Crippen LogP contribution in [-0.2, 0) is 0 Å². The van der Waals surface area contributed by atoms with Crippen LogP contribution in [0.4, 0.5) is 13.2 Å². The van der Waals surface area contributed by atoms with Crippen molar-refractivity contribution in [3.05, 3.63) is 29.8 Å². The van der Waals surface area contributed by atoms with Crippen molar-refractivity contribution in [1.29, 1.82) is 0 Å². The van der Waals surface area contributed by atoms with Crippen molar-refractivity contribution in [2.75, 3.05) is 12.4 Å². The van der Waals surface area contributed by atoms with Crippen LogP contribution in [0, 0.1) is 0 Å². The zero-order chi connectivity index (χ0) is 12.9. The van der Waals surface area contributed by atoms with Crippen LogP contribution in [0.2, 0.25) is 0 Å². The number of carbonyl (C=O) groups is 1. The molecule has 3 nitrogen and oxygen atoms in total. The molecule has 94 valence electrons. The lowest BCUT2D eigenvalue weighted by Gasteiger charge is -2.09. The number of rotatable bonds is 4. The molecule has 0 saturated carbocycles. The summed E-state index contributed by atoms with van der Waals surface area (Å²) in [7, 11) is 0. The molecule has 1 amide bonds. The molecule has 0 aliphatic rings. The lowest BCUT2D eigenvalue weighted by Crippen LogP contribution is -2.25. The fraction of sp³-hybridized carbons (Fsp3) is 0.300. The molecule has 0 radical (unpaired) electrons. The van der Waals surface area contributed by atoms with Crippen LogP contribution < -0.4 is 10.1 Å². The van der Waals surface area contributed by atoms with Gasteiger partial charge in [-0.25, -0.2) is 0 Å². The van der Waals surface area contributed by atoms with Crippen molar-refractivity contribution < 1.29 is 22.7 Å². The van der Waals surface area contributed by atoms with Gasteiger partial charge in [0.25, 0.3) is 5.91 Å². The van der Waals surface area contributed by atoms with E-state index in [4.69, 9.17) is 11.6 Å². The molecule has 1 aromatic rings. The van der Waals surface area contributed by atoms with Crippen LogP contribution >= 0.6 is 11.6 Å². The van der Waals surface area contributed by atoms with E-state index in [2.05, 4.69) is 10.1 Å². The predicted octanol–water partition coefficient (Wildman–Crippen LogP) is 2.55. The van der Waals surface area contributed by atoms with Crippen molar-refractivity contribution in [2.45, 2.75) is 6.36 Å². The van der Waals surface area contributed by atoms with E-state index in [0.717, 1.165) is 12.1 Å². The van der Waals surface area contributed by atoms with Crippen molar-refractivity contribution >= 4 is 17.5 Å². The summed E-state index contributed by atoms with van der Waals surface area (Å²) >= 11 is 5.36. The molecule has 0 aromatic heterocycles. The lowest BCUT2D eigenvalue weighted by molar-refractivity contribution is -0.274. The van der Waals surface area contributed by atoms with Gasteiger partial charge in [-0.1, -0.05) is 6.07 Å². The molecule has 17 heavy (non-hydrogen) atoms. The van der Waals surface area contributed by atoms with Crippen molar-refractivity contribution in [3.63, 3.8) is 0 Å². The monoisotopic (exact) mass is 267 g/mol. The molecule has 0 atom stereocenters. The first-order chi connectivity index (χ1) is 7.92. The quantitative estimate of drug-likeness (QED) is 0.852. The van der Waals surface area contributed by atoms with Gasteiger partial charge in [-0.3, -0.25) is 4.79 Å². The molecule has 0 heterocycles. The molecule has 0 aliphatic carbocycles.